The summed E-state index contributed by atoms with van der Waals surface area (Å²) in [7, 11) is 8.23. The molecule has 1 saturated heterocycles. The molecule has 9 nitrogen and oxygen atoms in total. The number of carbonyl (C=O) groups is 3. The number of aromatic nitrogens is 1. The fourth-order valence-electron chi connectivity index (χ4n) is 4.08. The van der Waals surface area contributed by atoms with Crippen LogP contribution < -0.4 is 14.2 Å². The van der Waals surface area contributed by atoms with Crippen LogP contribution in [0.25, 0.3) is 0 Å². The number of rotatable bonds is 9. The Hall–Kier alpha value is -2.98. The zero-order valence-corrected chi connectivity index (χ0v) is 20.7. The van der Waals surface area contributed by atoms with Crippen LogP contribution in [0.4, 0.5) is 0 Å². The molecule has 0 N–H and O–H groups in total. The van der Waals surface area contributed by atoms with E-state index in [2.05, 4.69) is 4.98 Å². The van der Waals surface area contributed by atoms with Crippen molar-refractivity contribution < 1.29 is 28.6 Å². The Bertz CT molecular complexity index is 1060. The summed E-state index contributed by atoms with van der Waals surface area (Å²) in [6, 6.07) is 2.56. The second kappa shape index (κ2) is 9.88. The van der Waals surface area contributed by atoms with E-state index in [-0.39, 0.29) is 6.54 Å². The number of amides is 1. The van der Waals surface area contributed by atoms with E-state index in [4.69, 9.17) is 14.2 Å². The smallest absolute Gasteiger partial charge is 0.291 e. The van der Waals surface area contributed by atoms with Gasteiger partial charge in [0.15, 0.2) is 17.3 Å². The lowest BCUT2D eigenvalue weighted by atomic mass is 9.88. The lowest BCUT2D eigenvalue weighted by molar-refractivity contribution is -0.140. The Morgan fingerprint density at radius 3 is 2.15 bits per heavy atom. The van der Waals surface area contributed by atoms with E-state index >= 15 is 0 Å². The number of hydrogen-bond donors (Lipinski definition) is 0. The summed E-state index contributed by atoms with van der Waals surface area (Å²) in [5, 5.41) is 0.724. The quantitative estimate of drug-likeness (QED) is 0.310. The van der Waals surface area contributed by atoms with Crippen molar-refractivity contribution >= 4 is 28.8 Å². The lowest BCUT2D eigenvalue weighted by Gasteiger charge is -2.29. The van der Waals surface area contributed by atoms with Crippen LogP contribution in [0.15, 0.2) is 12.1 Å². The normalized spacial score (nSPS) is 18.2. The first-order chi connectivity index (χ1) is 15.6. The zero-order valence-electron chi connectivity index (χ0n) is 19.9. The van der Waals surface area contributed by atoms with Crippen molar-refractivity contribution in [2.24, 2.45) is 5.92 Å². The third kappa shape index (κ3) is 4.58. The molecule has 10 heteroatoms. The fraction of sp³-hybridized carbons (Fsp3) is 0.478. The minimum absolute atomic E-state index is 0.281. The number of methoxy groups -OCH3 is 3. The zero-order chi connectivity index (χ0) is 24.4. The molecule has 0 spiro atoms. The first-order valence-corrected chi connectivity index (χ1v) is 11.2. The van der Waals surface area contributed by atoms with E-state index in [1.807, 2.05) is 19.0 Å². The molecule has 1 aliphatic rings. The van der Waals surface area contributed by atoms with Crippen molar-refractivity contribution in [3.8, 4) is 17.2 Å². The first-order valence-electron chi connectivity index (χ1n) is 10.4. The van der Waals surface area contributed by atoms with E-state index in [9.17, 15) is 14.4 Å². The Morgan fingerprint density at radius 2 is 1.70 bits per heavy atom. The van der Waals surface area contributed by atoms with E-state index < -0.39 is 29.4 Å². The Labute approximate surface area is 197 Å². The average Bonchev–Trinajstić information content (AvgIpc) is 3.25. The van der Waals surface area contributed by atoms with Gasteiger partial charge in [0.2, 0.25) is 11.5 Å². The molecule has 1 aromatic carbocycles. The summed E-state index contributed by atoms with van der Waals surface area (Å²) in [4.78, 5) is 48.0. The number of carbonyl (C=O) groups excluding carboxylic acids is 3. The third-order valence-electron chi connectivity index (χ3n) is 5.63. The van der Waals surface area contributed by atoms with Gasteiger partial charge in [-0.05, 0) is 45.6 Å². The molecule has 2 aromatic rings. The largest absolute Gasteiger partial charge is 0.493 e. The molecule has 178 valence electrons. The van der Waals surface area contributed by atoms with E-state index in [0.717, 1.165) is 5.01 Å². The van der Waals surface area contributed by atoms with E-state index in [1.54, 1.807) is 26.0 Å². The van der Waals surface area contributed by atoms with E-state index in [1.165, 1.54) is 37.6 Å². The molecule has 2 heterocycles. The molecule has 0 saturated carbocycles. The average molecular weight is 476 g/mol. The van der Waals surface area contributed by atoms with Gasteiger partial charge >= 0.3 is 0 Å². The molecule has 1 aliphatic heterocycles. The minimum atomic E-state index is -1.19. The molecule has 0 radical (unpaired) electrons. The van der Waals surface area contributed by atoms with Crippen LogP contribution in [0, 0.1) is 19.8 Å². The fourth-order valence-corrected chi connectivity index (χ4v) is 4.98. The SMILES string of the molecule is COc1cc(C2C(C(=O)c3sc(C)nc3C)C(=O)C(=O)N2CCN(C)C)cc(OC)c1OC. The van der Waals surface area contributed by atoms with Gasteiger partial charge in [0, 0.05) is 13.1 Å². The highest BCUT2D eigenvalue weighted by Gasteiger charge is 2.52. The predicted molar refractivity (Wildman–Crippen MR) is 124 cm³/mol. The number of benzene rings is 1. The summed E-state index contributed by atoms with van der Waals surface area (Å²) in [6.07, 6.45) is 0. The Balaban J connectivity index is 2.18. The van der Waals surface area contributed by atoms with Crippen LogP contribution in [-0.2, 0) is 9.59 Å². The number of Topliss-reactive ketones (excluding diaryl/α,β-unsaturated/α-hetero) is 2. The summed E-state index contributed by atoms with van der Waals surface area (Å²) >= 11 is 1.23. The third-order valence-corrected chi connectivity index (χ3v) is 6.72. The molecular formula is C23H29N3O6S. The van der Waals surface area contributed by atoms with Gasteiger partial charge in [0.05, 0.1) is 42.9 Å². The van der Waals surface area contributed by atoms with Crippen LogP contribution >= 0.6 is 11.3 Å². The predicted octanol–water partition coefficient (Wildman–Crippen LogP) is 2.30. The Morgan fingerprint density at radius 1 is 1.09 bits per heavy atom. The van der Waals surface area contributed by atoms with Crippen molar-refractivity contribution in [3.05, 3.63) is 33.3 Å². The second-order valence-corrected chi connectivity index (χ2v) is 9.26. The van der Waals surface area contributed by atoms with Gasteiger partial charge in [-0.15, -0.1) is 11.3 Å². The number of nitrogens with zero attached hydrogens (tertiary/aromatic N) is 3. The molecule has 2 unspecified atom stereocenters. The molecule has 3 rings (SSSR count). The van der Waals surface area contributed by atoms with Crippen molar-refractivity contribution in [1.29, 1.82) is 0 Å². The summed E-state index contributed by atoms with van der Waals surface area (Å²) in [5.74, 6) is -1.85. The van der Waals surface area contributed by atoms with Crippen LogP contribution in [0.5, 0.6) is 17.2 Å². The van der Waals surface area contributed by atoms with E-state index in [0.29, 0.717) is 39.9 Å². The highest BCUT2D eigenvalue weighted by atomic mass is 32.1. The van der Waals surface area contributed by atoms with Gasteiger partial charge in [-0.25, -0.2) is 4.98 Å². The van der Waals surface area contributed by atoms with Crippen LogP contribution in [0.1, 0.15) is 32.0 Å². The number of hydrogen-bond acceptors (Lipinski definition) is 9. The maximum Gasteiger partial charge on any atom is 0.291 e. The summed E-state index contributed by atoms with van der Waals surface area (Å²) in [6.45, 7) is 4.34. The van der Waals surface area contributed by atoms with Gasteiger partial charge in [-0.2, -0.15) is 0 Å². The molecule has 33 heavy (non-hydrogen) atoms. The van der Waals surface area contributed by atoms with Gasteiger partial charge in [0.1, 0.15) is 5.92 Å². The highest BCUT2D eigenvalue weighted by molar-refractivity contribution is 7.13. The molecule has 2 atom stereocenters. The maximum absolute atomic E-state index is 13.6. The van der Waals surface area contributed by atoms with Crippen LogP contribution in [0.2, 0.25) is 0 Å². The number of ether oxygens (including phenoxy) is 3. The monoisotopic (exact) mass is 475 g/mol. The van der Waals surface area contributed by atoms with Gasteiger partial charge in [-0.3, -0.25) is 14.4 Å². The topological polar surface area (TPSA) is 98.3 Å². The number of aryl methyl sites for hydroxylation is 2. The number of likely N-dealkylation sites (N-methyl/N-ethyl adjacent to an activating group) is 1. The molecule has 1 fully saturated rings. The molecule has 1 amide bonds. The Kier molecular flexibility index (Phi) is 7.38. The lowest BCUT2D eigenvalue weighted by Crippen LogP contribution is -2.36. The number of thiazole rings is 1. The molecule has 0 bridgehead atoms. The minimum Gasteiger partial charge on any atom is -0.493 e. The van der Waals surface area contributed by atoms with Gasteiger partial charge in [0.25, 0.3) is 5.91 Å². The summed E-state index contributed by atoms with van der Waals surface area (Å²) < 4.78 is 16.4. The van der Waals surface area contributed by atoms with Crippen molar-refractivity contribution in [2.75, 3.05) is 48.5 Å². The first kappa shape index (κ1) is 24.7. The second-order valence-electron chi connectivity index (χ2n) is 8.06. The molecular weight excluding hydrogens is 446 g/mol. The van der Waals surface area contributed by atoms with Crippen molar-refractivity contribution in [2.45, 2.75) is 19.9 Å². The molecule has 0 aliphatic carbocycles. The van der Waals surface area contributed by atoms with Crippen LogP contribution in [0.3, 0.4) is 0 Å². The maximum atomic E-state index is 13.6. The van der Waals surface area contributed by atoms with Crippen molar-refractivity contribution in [1.82, 2.24) is 14.8 Å². The van der Waals surface area contributed by atoms with Gasteiger partial charge in [-0.1, -0.05) is 0 Å². The van der Waals surface area contributed by atoms with Crippen molar-refractivity contribution in [3.63, 3.8) is 0 Å². The summed E-state index contributed by atoms with van der Waals surface area (Å²) in [5.41, 5.74) is 1.11. The standard InChI is InChI=1S/C23H29N3O6S/c1-12-22(33-13(2)24-12)19(27)17-18(26(9-8-25(3)4)23(29)20(17)28)14-10-15(30-5)21(32-7)16(11-14)31-6/h10-11,17-18H,8-9H2,1-7H3. The number of ketones is 2. The van der Waals surface area contributed by atoms with Gasteiger partial charge < -0.3 is 24.0 Å². The number of likely N-dealkylation sites (tertiary alicyclic amines) is 1. The molecule has 1 aromatic heterocycles. The van der Waals surface area contributed by atoms with Crippen LogP contribution in [-0.4, -0.2) is 80.8 Å². The highest BCUT2D eigenvalue weighted by Crippen LogP contribution is 2.45.